The van der Waals surface area contributed by atoms with E-state index in [1.165, 1.54) is 22.4 Å². The van der Waals surface area contributed by atoms with Gasteiger partial charge in [-0.05, 0) is 43.0 Å². The Morgan fingerprint density at radius 2 is 1.76 bits per heavy atom. The summed E-state index contributed by atoms with van der Waals surface area (Å²) in [4.78, 5) is 2.50. The summed E-state index contributed by atoms with van der Waals surface area (Å²) in [6.45, 7) is 11.5. The molecule has 0 N–H and O–H groups in total. The van der Waals surface area contributed by atoms with Gasteiger partial charge in [0.25, 0.3) is 0 Å². The van der Waals surface area contributed by atoms with E-state index < -0.39 is 0 Å². The van der Waals surface area contributed by atoms with Gasteiger partial charge in [-0.2, -0.15) is 0 Å². The van der Waals surface area contributed by atoms with Gasteiger partial charge < -0.3 is 4.90 Å². The Balaban J connectivity index is 2.28. The Labute approximate surface area is 128 Å². The SMILES string of the molecule is C=Cc1ccc(CN(c2ccccc2C)C(C)CC)cc1. The van der Waals surface area contributed by atoms with Crippen LogP contribution in [0, 0.1) is 6.92 Å². The molecule has 0 bridgehead atoms. The molecule has 0 radical (unpaired) electrons. The van der Waals surface area contributed by atoms with E-state index in [0.29, 0.717) is 6.04 Å². The number of hydrogen-bond acceptors (Lipinski definition) is 1. The van der Waals surface area contributed by atoms with Crippen molar-refractivity contribution in [3.63, 3.8) is 0 Å². The molecule has 0 saturated heterocycles. The molecule has 21 heavy (non-hydrogen) atoms. The van der Waals surface area contributed by atoms with Crippen molar-refractivity contribution in [3.8, 4) is 0 Å². The first-order chi connectivity index (χ1) is 10.2. The summed E-state index contributed by atoms with van der Waals surface area (Å²) >= 11 is 0. The van der Waals surface area contributed by atoms with Gasteiger partial charge >= 0.3 is 0 Å². The molecule has 1 atom stereocenters. The lowest BCUT2D eigenvalue weighted by atomic mass is 10.1. The van der Waals surface area contributed by atoms with Crippen molar-refractivity contribution >= 4 is 11.8 Å². The molecular weight excluding hydrogens is 254 g/mol. The third-order valence-corrected chi connectivity index (χ3v) is 4.12. The molecule has 1 unspecified atom stereocenters. The average molecular weight is 279 g/mol. The molecule has 1 heteroatoms. The van der Waals surface area contributed by atoms with Gasteiger partial charge in [-0.25, -0.2) is 0 Å². The van der Waals surface area contributed by atoms with Crippen molar-refractivity contribution in [1.82, 2.24) is 0 Å². The Morgan fingerprint density at radius 1 is 1.10 bits per heavy atom. The van der Waals surface area contributed by atoms with Crippen LogP contribution >= 0.6 is 0 Å². The predicted octanol–water partition coefficient (Wildman–Crippen LogP) is 5.44. The highest BCUT2D eigenvalue weighted by Gasteiger charge is 2.15. The topological polar surface area (TPSA) is 3.24 Å². The van der Waals surface area contributed by atoms with Gasteiger partial charge in [-0.15, -0.1) is 0 Å². The summed E-state index contributed by atoms with van der Waals surface area (Å²) in [5.41, 5.74) is 5.18. The van der Waals surface area contributed by atoms with Crippen LogP contribution in [0.25, 0.3) is 6.08 Å². The molecule has 1 nitrogen and oxygen atoms in total. The molecule has 110 valence electrons. The van der Waals surface area contributed by atoms with E-state index in [9.17, 15) is 0 Å². The maximum absolute atomic E-state index is 3.81. The quantitative estimate of drug-likeness (QED) is 0.680. The van der Waals surface area contributed by atoms with Crippen molar-refractivity contribution in [3.05, 3.63) is 71.8 Å². The highest BCUT2D eigenvalue weighted by molar-refractivity contribution is 5.54. The molecule has 0 heterocycles. The number of aryl methyl sites for hydroxylation is 1. The lowest BCUT2D eigenvalue weighted by Gasteiger charge is -2.32. The zero-order valence-electron chi connectivity index (χ0n) is 13.3. The Morgan fingerprint density at radius 3 is 2.33 bits per heavy atom. The lowest BCUT2D eigenvalue weighted by Crippen LogP contribution is -2.32. The average Bonchev–Trinajstić information content (AvgIpc) is 2.53. The van der Waals surface area contributed by atoms with E-state index in [2.05, 4.69) is 80.8 Å². The molecule has 0 aromatic heterocycles. The minimum Gasteiger partial charge on any atom is -0.364 e. The van der Waals surface area contributed by atoms with E-state index in [1.807, 2.05) is 6.08 Å². The van der Waals surface area contributed by atoms with Crippen LogP contribution in [-0.2, 0) is 6.54 Å². The normalized spacial score (nSPS) is 12.0. The van der Waals surface area contributed by atoms with E-state index in [1.54, 1.807) is 0 Å². The summed E-state index contributed by atoms with van der Waals surface area (Å²) in [7, 11) is 0. The van der Waals surface area contributed by atoms with Gasteiger partial charge in [-0.1, -0.05) is 62.0 Å². The maximum atomic E-state index is 3.81. The van der Waals surface area contributed by atoms with Crippen molar-refractivity contribution in [2.75, 3.05) is 4.90 Å². The van der Waals surface area contributed by atoms with Crippen LogP contribution in [0.4, 0.5) is 5.69 Å². The Kier molecular flexibility index (Phi) is 5.21. The number of hydrogen-bond donors (Lipinski definition) is 0. The van der Waals surface area contributed by atoms with E-state index in [-0.39, 0.29) is 0 Å². The monoisotopic (exact) mass is 279 g/mol. The zero-order chi connectivity index (χ0) is 15.2. The van der Waals surface area contributed by atoms with Crippen LogP contribution in [0.3, 0.4) is 0 Å². The van der Waals surface area contributed by atoms with Crippen LogP contribution in [0.15, 0.2) is 55.1 Å². The summed E-state index contributed by atoms with van der Waals surface area (Å²) in [6.07, 6.45) is 3.02. The van der Waals surface area contributed by atoms with Crippen LogP contribution in [-0.4, -0.2) is 6.04 Å². The van der Waals surface area contributed by atoms with Crippen LogP contribution in [0.1, 0.15) is 37.0 Å². The Hall–Kier alpha value is -2.02. The van der Waals surface area contributed by atoms with Crippen molar-refractivity contribution < 1.29 is 0 Å². The minimum absolute atomic E-state index is 0.519. The van der Waals surface area contributed by atoms with Crippen molar-refractivity contribution in [2.45, 2.75) is 39.8 Å². The molecule has 0 amide bonds. The molecular formula is C20H25N. The smallest absolute Gasteiger partial charge is 0.0432 e. The van der Waals surface area contributed by atoms with E-state index in [4.69, 9.17) is 0 Å². The number of nitrogens with zero attached hydrogens (tertiary/aromatic N) is 1. The molecule has 2 rings (SSSR count). The molecule has 0 aliphatic heterocycles. The summed E-state index contributed by atoms with van der Waals surface area (Å²) < 4.78 is 0. The van der Waals surface area contributed by atoms with Crippen molar-refractivity contribution in [2.24, 2.45) is 0 Å². The molecule has 0 aliphatic rings. The third kappa shape index (κ3) is 3.75. The first-order valence-corrected chi connectivity index (χ1v) is 7.69. The summed E-state index contributed by atoms with van der Waals surface area (Å²) in [5, 5.41) is 0. The third-order valence-electron chi connectivity index (χ3n) is 4.12. The van der Waals surface area contributed by atoms with Crippen LogP contribution in [0.2, 0.25) is 0 Å². The molecule has 2 aromatic carbocycles. The zero-order valence-corrected chi connectivity index (χ0v) is 13.3. The number of para-hydroxylation sites is 1. The number of anilines is 1. The van der Waals surface area contributed by atoms with Gasteiger partial charge in [-0.3, -0.25) is 0 Å². The molecule has 0 fully saturated rings. The van der Waals surface area contributed by atoms with Gasteiger partial charge in [0, 0.05) is 18.3 Å². The Bertz CT molecular complexity index is 583. The number of rotatable bonds is 6. The van der Waals surface area contributed by atoms with Crippen molar-refractivity contribution in [1.29, 1.82) is 0 Å². The summed E-state index contributed by atoms with van der Waals surface area (Å²) in [6, 6.07) is 17.8. The first-order valence-electron chi connectivity index (χ1n) is 7.69. The molecule has 0 aliphatic carbocycles. The minimum atomic E-state index is 0.519. The van der Waals surface area contributed by atoms with Crippen LogP contribution in [0.5, 0.6) is 0 Å². The fraction of sp³-hybridized carbons (Fsp3) is 0.300. The highest BCUT2D eigenvalue weighted by atomic mass is 15.2. The van der Waals surface area contributed by atoms with Gasteiger partial charge in [0.05, 0.1) is 0 Å². The van der Waals surface area contributed by atoms with Crippen LogP contribution < -0.4 is 4.90 Å². The lowest BCUT2D eigenvalue weighted by molar-refractivity contribution is 0.613. The maximum Gasteiger partial charge on any atom is 0.0432 e. The van der Waals surface area contributed by atoms with Gasteiger partial charge in [0.2, 0.25) is 0 Å². The largest absolute Gasteiger partial charge is 0.364 e. The highest BCUT2D eigenvalue weighted by Crippen LogP contribution is 2.25. The second-order valence-electron chi connectivity index (χ2n) is 5.62. The number of benzene rings is 2. The fourth-order valence-electron chi connectivity index (χ4n) is 2.54. The fourth-order valence-corrected chi connectivity index (χ4v) is 2.54. The molecule has 2 aromatic rings. The van der Waals surface area contributed by atoms with Gasteiger partial charge in [0.1, 0.15) is 0 Å². The molecule has 0 spiro atoms. The van der Waals surface area contributed by atoms with Gasteiger partial charge in [0.15, 0.2) is 0 Å². The standard InChI is InChI=1S/C20H25N/c1-5-17(4)21(20-10-8-7-9-16(20)3)15-19-13-11-18(6-2)12-14-19/h6-14,17H,2,5,15H2,1,3-4H3. The van der Waals surface area contributed by atoms with E-state index >= 15 is 0 Å². The predicted molar refractivity (Wildman–Crippen MR) is 93.6 cm³/mol. The summed E-state index contributed by atoms with van der Waals surface area (Å²) in [5.74, 6) is 0. The molecule has 0 saturated carbocycles. The first kappa shape index (κ1) is 15.4. The van der Waals surface area contributed by atoms with E-state index in [0.717, 1.165) is 13.0 Å². The second-order valence-corrected chi connectivity index (χ2v) is 5.62. The second kappa shape index (κ2) is 7.12.